The van der Waals surface area contributed by atoms with E-state index in [1.165, 1.54) is 23.4 Å². The molecule has 2 aromatic carbocycles. The molecule has 180 valence electrons. The zero-order valence-electron chi connectivity index (χ0n) is 18.6. The Hall–Kier alpha value is -3.53. The predicted octanol–water partition coefficient (Wildman–Crippen LogP) is 3.41. The number of β-amino-alcohol motifs (C(OH)–C–C–N with tert-alkyl or cyclic N) is 1. The lowest BCUT2D eigenvalue weighted by Crippen LogP contribution is -2.47. The van der Waals surface area contributed by atoms with Gasteiger partial charge in [-0.3, -0.25) is 0 Å². The highest BCUT2D eigenvalue weighted by Crippen LogP contribution is 2.30. The van der Waals surface area contributed by atoms with Crippen LogP contribution in [0.1, 0.15) is 11.1 Å². The van der Waals surface area contributed by atoms with E-state index in [4.69, 9.17) is 11.6 Å². The largest absolute Gasteiger partial charge is 0.381 e. The molecule has 3 aromatic rings. The monoisotopic (exact) mass is 496 g/mol. The number of hydrazine groups is 1. The number of fused-ring (bicyclic) bond motifs is 1. The van der Waals surface area contributed by atoms with Gasteiger partial charge in [-0.15, -0.1) is 0 Å². The summed E-state index contributed by atoms with van der Waals surface area (Å²) in [4.78, 5) is 3.89. The first-order valence-corrected chi connectivity index (χ1v) is 11.4. The number of aliphatic hydroxyl groups is 1. The van der Waals surface area contributed by atoms with E-state index >= 15 is 0 Å². The fourth-order valence-corrected chi connectivity index (χ4v) is 4.34. The smallest absolute Gasteiger partial charge is 0.137 e. The molecule has 0 saturated carbocycles. The van der Waals surface area contributed by atoms with Crippen molar-refractivity contribution >= 4 is 11.6 Å². The molecule has 1 aromatic heterocycles. The molecule has 2 atom stereocenters. The number of nitrogens with one attached hydrogen (secondary N) is 2. The lowest BCUT2D eigenvalue weighted by atomic mass is 9.92. The third kappa shape index (κ3) is 5.27. The summed E-state index contributed by atoms with van der Waals surface area (Å²) in [6.45, 7) is 0.565. The molecule has 7 nitrogen and oxygen atoms in total. The van der Waals surface area contributed by atoms with Gasteiger partial charge in [0, 0.05) is 35.1 Å². The lowest BCUT2D eigenvalue weighted by Gasteiger charge is -2.33. The minimum atomic E-state index is -1.72. The Morgan fingerprint density at radius 3 is 2.71 bits per heavy atom. The Labute approximate surface area is 206 Å². The van der Waals surface area contributed by atoms with Gasteiger partial charge in [-0.1, -0.05) is 35.9 Å². The van der Waals surface area contributed by atoms with Gasteiger partial charge in [0.1, 0.15) is 29.9 Å². The van der Waals surface area contributed by atoms with Crippen LogP contribution < -0.4 is 10.7 Å². The van der Waals surface area contributed by atoms with Gasteiger partial charge in [-0.05, 0) is 41.5 Å². The molecule has 0 saturated heterocycles. The molecule has 1 aliphatic carbocycles. The molecule has 2 heterocycles. The van der Waals surface area contributed by atoms with Gasteiger partial charge in [0.15, 0.2) is 0 Å². The van der Waals surface area contributed by atoms with E-state index in [1.54, 1.807) is 5.01 Å². The fraction of sp³-hybridized carbons (Fsp3) is 0.200. The SMILES string of the molecule is OC(CN1C=C2C=C(NCc3ccc(Cl)cc3)C=CC2N1)(Cn1cncn1)c1ccc(F)cc1F. The third-order valence-electron chi connectivity index (χ3n) is 5.92. The van der Waals surface area contributed by atoms with Gasteiger partial charge in [0.25, 0.3) is 0 Å². The minimum Gasteiger partial charge on any atom is -0.381 e. The molecule has 0 bridgehead atoms. The zero-order chi connectivity index (χ0) is 24.4. The zero-order valence-corrected chi connectivity index (χ0v) is 19.3. The number of benzene rings is 2. The summed E-state index contributed by atoms with van der Waals surface area (Å²) in [5.74, 6) is -1.54. The van der Waals surface area contributed by atoms with Crippen LogP contribution in [0.5, 0.6) is 0 Å². The Morgan fingerprint density at radius 2 is 1.97 bits per heavy atom. The molecular weight excluding hydrogens is 474 g/mol. The molecule has 0 spiro atoms. The maximum Gasteiger partial charge on any atom is 0.137 e. The van der Waals surface area contributed by atoms with E-state index in [2.05, 4.69) is 20.8 Å². The summed E-state index contributed by atoms with van der Waals surface area (Å²) >= 11 is 5.95. The maximum absolute atomic E-state index is 14.7. The van der Waals surface area contributed by atoms with Gasteiger partial charge < -0.3 is 15.4 Å². The Morgan fingerprint density at radius 1 is 1.14 bits per heavy atom. The van der Waals surface area contributed by atoms with E-state index in [0.29, 0.717) is 11.6 Å². The molecule has 3 N–H and O–H groups in total. The highest BCUT2D eigenvalue weighted by molar-refractivity contribution is 6.30. The summed E-state index contributed by atoms with van der Waals surface area (Å²) in [5, 5.41) is 21.4. The van der Waals surface area contributed by atoms with Crippen LogP contribution in [0.15, 0.2) is 90.8 Å². The average Bonchev–Trinajstić information content (AvgIpc) is 3.47. The van der Waals surface area contributed by atoms with Crippen LogP contribution in [0.3, 0.4) is 0 Å². The number of hydrogen-bond acceptors (Lipinski definition) is 6. The van der Waals surface area contributed by atoms with E-state index in [0.717, 1.165) is 29.0 Å². The van der Waals surface area contributed by atoms with Crippen molar-refractivity contribution in [1.29, 1.82) is 0 Å². The fourth-order valence-electron chi connectivity index (χ4n) is 4.22. The standard InChI is InChI=1S/C25H23ClF2N6O/c26-19-3-1-17(2-4-19)11-30-21-6-8-24-18(9-21)12-33(32-24)13-25(35,14-34-16-29-15-31-34)22-7-5-20(27)10-23(22)28/h1-10,12,15-16,24,30,32,35H,11,13-14H2. The Bertz CT molecular complexity index is 1290. The summed E-state index contributed by atoms with van der Waals surface area (Å²) in [5.41, 5.74) is 4.57. The number of hydrogen-bond donors (Lipinski definition) is 3. The summed E-state index contributed by atoms with van der Waals surface area (Å²) in [7, 11) is 0. The van der Waals surface area contributed by atoms with Crippen LogP contribution in [0.4, 0.5) is 8.78 Å². The molecule has 5 rings (SSSR count). The van der Waals surface area contributed by atoms with Crippen molar-refractivity contribution in [3.8, 4) is 0 Å². The molecule has 0 amide bonds. The molecule has 0 fully saturated rings. The molecule has 10 heteroatoms. The van der Waals surface area contributed by atoms with Crippen molar-refractivity contribution in [3.05, 3.63) is 119 Å². The first-order chi connectivity index (χ1) is 16.9. The first-order valence-electron chi connectivity index (χ1n) is 11.0. The number of nitrogens with zero attached hydrogens (tertiary/aromatic N) is 4. The molecule has 2 aliphatic rings. The van der Waals surface area contributed by atoms with Crippen LogP contribution in [-0.2, 0) is 18.7 Å². The highest BCUT2D eigenvalue weighted by Gasteiger charge is 2.37. The number of halogens is 3. The first kappa shape index (κ1) is 23.2. The second-order valence-corrected chi connectivity index (χ2v) is 8.99. The van der Waals surface area contributed by atoms with E-state index in [9.17, 15) is 13.9 Å². The lowest BCUT2D eigenvalue weighted by molar-refractivity contribution is -0.0195. The molecule has 0 radical (unpaired) electrons. The third-order valence-corrected chi connectivity index (χ3v) is 6.18. The van der Waals surface area contributed by atoms with Gasteiger partial charge in [-0.2, -0.15) is 5.10 Å². The van der Waals surface area contributed by atoms with Crippen LogP contribution in [0.2, 0.25) is 5.02 Å². The Kier molecular flexibility index (Phi) is 6.38. The predicted molar refractivity (Wildman–Crippen MR) is 128 cm³/mol. The average molecular weight is 497 g/mol. The quantitative estimate of drug-likeness (QED) is 0.443. The minimum absolute atomic E-state index is 0.00930. The van der Waals surface area contributed by atoms with E-state index in [1.807, 2.05) is 48.7 Å². The highest BCUT2D eigenvalue weighted by atomic mass is 35.5. The molecule has 2 unspecified atom stereocenters. The van der Waals surface area contributed by atoms with Gasteiger partial charge >= 0.3 is 0 Å². The number of allylic oxidation sites excluding steroid dienone is 1. The van der Waals surface area contributed by atoms with Crippen molar-refractivity contribution in [3.63, 3.8) is 0 Å². The molecule has 35 heavy (non-hydrogen) atoms. The van der Waals surface area contributed by atoms with E-state index < -0.39 is 17.2 Å². The Balaban J connectivity index is 1.33. The summed E-state index contributed by atoms with van der Waals surface area (Å²) < 4.78 is 29.7. The number of rotatable bonds is 8. The summed E-state index contributed by atoms with van der Waals surface area (Å²) in [6.07, 6.45) is 10.6. The van der Waals surface area contributed by atoms with Crippen LogP contribution in [0.25, 0.3) is 0 Å². The van der Waals surface area contributed by atoms with Crippen molar-refractivity contribution in [2.75, 3.05) is 6.54 Å². The summed E-state index contributed by atoms with van der Waals surface area (Å²) in [6, 6.07) is 10.7. The molecule has 1 aliphatic heterocycles. The normalized spacial score (nSPS) is 18.6. The van der Waals surface area contributed by atoms with Crippen molar-refractivity contribution < 1.29 is 13.9 Å². The molecular formula is C25H23ClF2N6O. The van der Waals surface area contributed by atoms with Crippen LogP contribution >= 0.6 is 11.6 Å². The van der Waals surface area contributed by atoms with Gasteiger partial charge in [-0.25, -0.2) is 23.9 Å². The maximum atomic E-state index is 14.7. The van der Waals surface area contributed by atoms with E-state index in [-0.39, 0.29) is 24.7 Å². The van der Waals surface area contributed by atoms with Gasteiger partial charge in [0.2, 0.25) is 0 Å². The second-order valence-electron chi connectivity index (χ2n) is 8.55. The number of aromatic nitrogens is 3. The van der Waals surface area contributed by atoms with Gasteiger partial charge in [0.05, 0.1) is 19.1 Å². The van der Waals surface area contributed by atoms with Crippen molar-refractivity contribution in [1.82, 2.24) is 30.5 Å². The van der Waals surface area contributed by atoms with Crippen molar-refractivity contribution in [2.45, 2.75) is 24.7 Å². The van der Waals surface area contributed by atoms with Crippen molar-refractivity contribution in [2.24, 2.45) is 0 Å². The second kappa shape index (κ2) is 9.61. The van der Waals surface area contributed by atoms with Crippen LogP contribution in [-0.4, -0.2) is 37.5 Å². The van der Waals surface area contributed by atoms with Crippen LogP contribution in [0, 0.1) is 11.6 Å². The topological polar surface area (TPSA) is 78.2 Å².